The number of carbonyl (C=O) groups excluding carboxylic acids is 1. The Morgan fingerprint density at radius 2 is 1.96 bits per heavy atom. The van der Waals surface area contributed by atoms with Gasteiger partial charge in [-0.3, -0.25) is 4.98 Å². The predicted octanol–water partition coefficient (Wildman–Crippen LogP) is 5.27. The molecule has 1 aliphatic heterocycles. The third kappa shape index (κ3) is 2.82. The normalized spacial score (nSPS) is 13.8. The monoisotopic (exact) mass is 386 g/mol. The number of pyridine rings is 2. The van der Waals surface area contributed by atoms with Gasteiger partial charge < -0.3 is 4.90 Å². The molecule has 28 heavy (non-hydrogen) atoms. The highest BCUT2D eigenvalue weighted by atomic mass is 32.1. The van der Waals surface area contributed by atoms with Gasteiger partial charge in [-0.1, -0.05) is 30.3 Å². The molecule has 0 saturated carbocycles. The first-order chi connectivity index (χ1) is 13.7. The van der Waals surface area contributed by atoms with Crippen LogP contribution in [-0.4, -0.2) is 20.9 Å². The molecule has 0 fully saturated rings. The fourth-order valence-corrected chi connectivity index (χ4v) is 4.48. The second kappa shape index (κ2) is 6.73. The highest BCUT2D eigenvalue weighted by Crippen LogP contribution is 2.38. The van der Waals surface area contributed by atoms with Crippen LogP contribution >= 0.6 is 11.3 Å². The minimum absolute atomic E-state index is 0.0632. The Morgan fingerprint density at radius 1 is 1.07 bits per heavy atom. The zero-order valence-corrected chi connectivity index (χ0v) is 16.2. The number of hydrogen-bond acceptors (Lipinski definition) is 4. The van der Waals surface area contributed by atoms with Gasteiger partial charge in [-0.25, -0.2) is 14.7 Å². The van der Waals surface area contributed by atoms with Gasteiger partial charge in [0.15, 0.2) is 0 Å². The van der Waals surface area contributed by atoms with Crippen LogP contribution in [0.2, 0.25) is 0 Å². The number of hydrogen-bond donors (Lipinski definition) is 0. The molecule has 0 saturated heterocycles. The van der Waals surface area contributed by atoms with Gasteiger partial charge in [0.2, 0.25) is 0 Å². The second-order valence-corrected chi connectivity index (χ2v) is 7.76. The zero-order chi connectivity index (χ0) is 19.1. The maximum absolute atomic E-state index is 13.4. The number of anilines is 2. The summed E-state index contributed by atoms with van der Waals surface area (Å²) in [6.45, 7) is 3.00. The van der Waals surface area contributed by atoms with Crippen LogP contribution in [-0.2, 0) is 13.1 Å². The highest BCUT2D eigenvalue weighted by molar-refractivity contribution is 7.14. The topological polar surface area (TPSA) is 49.3 Å². The molecule has 0 radical (unpaired) electrons. The number of aromatic nitrogens is 2. The number of para-hydroxylation sites is 1. The predicted molar refractivity (Wildman–Crippen MR) is 112 cm³/mol. The number of carbonyl (C=O) groups is 1. The lowest BCUT2D eigenvalue weighted by Crippen LogP contribution is -2.44. The van der Waals surface area contributed by atoms with E-state index >= 15 is 0 Å². The largest absolute Gasteiger partial charge is 0.331 e. The number of nitrogens with zero attached hydrogens (tertiary/aromatic N) is 4. The molecule has 1 aromatic carbocycles. The quantitative estimate of drug-likeness (QED) is 0.482. The van der Waals surface area contributed by atoms with Crippen molar-refractivity contribution in [3.63, 3.8) is 0 Å². The van der Waals surface area contributed by atoms with Crippen LogP contribution < -0.4 is 4.90 Å². The van der Waals surface area contributed by atoms with Crippen molar-refractivity contribution < 1.29 is 4.79 Å². The van der Waals surface area contributed by atoms with Crippen molar-refractivity contribution in [1.82, 2.24) is 14.9 Å². The second-order valence-electron chi connectivity index (χ2n) is 6.86. The van der Waals surface area contributed by atoms with Crippen LogP contribution in [0, 0.1) is 6.92 Å². The Kier molecular flexibility index (Phi) is 4.06. The molecule has 0 N–H and O–H groups in total. The van der Waals surface area contributed by atoms with Crippen LogP contribution in [0.5, 0.6) is 0 Å². The van der Waals surface area contributed by atoms with Crippen LogP contribution in [0.15, 0.2) is 66.2 Å². The maximum Gasteiger partial charge on any atom is 0.331 e. The van der Waals surface area contributed by atoms with Crippen LogP contribution in [0.4, 0.5) is 15.6 Å². The molecular formula is C22H18N4OS. The number of rotatable bonds is 3. The third-order valence-electron chi connectivity index (χ3n) is 4.95. The molecule has 5 rings (SSSR count). The van der Waals surface area contributed by atoms with Crippen LogP contribution in [0.25, 0.3) is 10.9 Å². The lowest BCUT2D eigenvalue weighted by Gasteiger charge is -2.35. The first-order valence-electron chi connectivity index (χ1n) is 9.12. The Balaban J connectivity index is 1.53. The molecular weight excluding hydrogens is 368 g/mol. The molecule has 1 aliphatic rings. The van der Waals surface area contributed by atoms with E-state index in [2.05, 4.69) is 11.1 Å². The first kappa shape index (κ1) is 16.9. The smallest absolute Gasteiger partial charge is 0.314 e. The van der Waals surface area contributed by atoms with Crippen molar-refractivity contribution >= 4 is 39.1 Å². The lowest BCUT2D eigenvalue weighted by molar-refractivity contribution is 0.197. The average molecular weight is 386 g/mol. The lowest BCUT2D eigenvalue weighted by atomic mass is 10.1. The summed E-state index contributed by atoms with van der Waals surface area (Å²) < 4.78 is 0. The van der Waals surface area contributed by atoms with Gasteiger partial charge >= 0.3 is 6.03 Å². The van der Waals surface area contributed by atoms with Crippen molar-refractivity contribution in [2.45, 2.75) is 20.0 Å². The summed E-state index contributed by atoms with van der Waals surface area (Å²) in [6, 6.07) is 18.0. The van der Waals surface area contributed by atoms with Gasteiger partial charge in [-0.2, -0.15) is 0 Å². The summed E-state index contributed by atoms with van der Waals surface area (Å²) in [5, 5.41) is 4.02. The van der Waals surface area contributed by atoms with E-state index in [0.717, 1.165) is 38.5 Å². The molecule has 0 unspecified atom stereocenters. The minimum Gasteiger partial charge on any atom is -0.314 e. The van der Waals surface area contributed by atoms with Gasteiger partial charge in [-0.15, -0.1) is 11.3 Å². The summed E-state index contributed by atoms with van der Waals surface area (Å²) >= 11 is 1.56. The maximum atomic E-state index is 13.4. The fraction of sp³-hybridized carbons (Fsp3) is 0.136. The number of aryl methyl sites for hydroxylation is 1. The van der Waals surface area contributed by atoms with E-state index < -0.39 is 0 Å². The van der Waals surface area contributed by atoms with E-state index in [-0.39, 0.29) is 6.03 Å². The third-order valence-corrected chi connectivity index (χ3v) is 5.95. The summed E-state index contributed by atoms with van der Waals surface area (Å²) in [5.74, 6) is 0.723. The number of thiophene rings is 1. The van der Waals surface area contributed by atoms with E-state index in [1.807, 2.05) is 65.7 Å². The van der Waals surface area contributed by atoms with Crippen molar-refractivity contribution in [2.24, 2.45) is 0 Å². The average Bonchev–Trinajstić information content (AvgIpc) is 3.14. The van der Waals surface area contributed by atoms with E-state index in [1.54, 1.807) is 22.4 Å². The number of benzene rings is 1. The van der Waals surface area contributed by atoms with Crippen molar-refractivity contribution in [3.05, 3.63) is 83.0 Å². The molecule has 0 atom stereocenters. The molecule has 0 bridgehead atoms. The molecule has 0 aliphatic carbocycles. The van der Waals surface area contributed by atoms with E-state index in [1.165, 1.54) is 0 Å². The standard InChI is InChI=1S/C22H18N4OS/c1-15-10-12-28-21(15)26-20-17(6-4-11-23-20)13-25(22(26)27)14-18-9-8-16-5-2-3-7-19(16)24-18/h2-12H,13-14H2,1H3. The molecule has 4 aromatic rings. The number of fused-ring (bicyclic) bond motifs is 2. The van der Waals surface area contributed by atoms with Gasteiger partial charge in [-0.05, 0) is 42.1 Å². The SMILES string of the molecule is Cc1ccsc1N1C(=O)N(Cc2ccc3ccccc3n2)Cc2cccnc21. The van der Waals surface area contributed by atoms with Crippen molar-refractivity contribution in [3.8, 4) is 0 Å². The molecule has 138 valence electrons. The summed E-state index contributed by atoms with van der Waals surface area (Å²) in [4.78, 5) is 26.2. The summed E-state index contributed by atoms with van der Waals surface area (Å²) in [6.07, 6.45) is 1.74. The Bertz CT molecular complexity index is 1190. The molecule has 2 amide bonds. The van der Waals surface area contributed by atoms with E-state index in [9.17, 15) is 4.79 Å². The molecule has 5 nitrogen and oxygen atoms in total. The summed E-state index contributed by atoms with van der Waals surface area (Å²) in [5.41, 5.74) is 3.93. The van der Waals surface area contributed by atoms with Gasteiger partial charge in [0, 0.05) is 17.1 Å². The minimum atomic E-state index is -0.0632. The van der Waals surface area contributed by atoms with Crippen molar-refractivity contribution in [2.75, 3.05) is 4.90 Å². The Morgan fingerprint density at radius 3 is 2.82 bits per heavy atom. The Labute approximate surface area is 166 Å². The molecule has 3 aromatic heterocycles. The molecule has 6 heteroatoms. The van der Waals surface area contributed by atoms with E-state index in [0.29, 0.717) is 13.1 Å². The van der Waals surface area contributed by atoms with Gasteiger partial charge in [0.1, 0.15) is 10.8 Å². The van der Waals surface area contributed by atoms with Crippen LogP contribution in [0.3, 0.4) is 0 Å². The summed E-state index contributed by atoms with van der Waals surface area (Å²) in [7, 11) is 0. The Hall–Kier alpha value is -3.25. The molecule has 4 heterocycles. The van der Waals surface area contributed by atoms with Gasteiger partial charge in [0.25, 0.3) is 0 Å². The van der Waals surface area contributed by atoms with Crippen molar-refractivity contribution in [1.29, 1.82) is 0 Å². The number of amides is 2. The zero-order valence-electron chi connectivity index (χ0n) is 15.4. The number of urea groups is 1. The molecule has 0 spiro atoms. The van der Waals surface area contributed by atoms with Gasteiger partial charge in [0.05, 0.1) is 24.3 Å². The van der Waals surface area contributed by atoms with E-state index in [4.69, 9.17) is 4.98 Å². The van der Waals surface area contributed by atoms with Crippen LogP contribution in [0.1, 0.15) is 16.8 Å². The fourth-order valence-electron chi connectivity index (χ4n) is 3.55. The highest BCUT2D eigenvalue weighted by Gasteiger charge is 2.34. The first-order valence-corrected chi connectivity index (χ1v) is 10.0.